The number of hydrogen-bond acceptors (Lipinski definition) is 3. The maximum Gasteiger partial charge on any atom is 0.267 e. The Morgan fingerprint density at radius 2 is 2.26 bits per heavy atom. The van der Waals surface area contributed by atoms with Gasteiger partial charge in [0.2, 0.25) is 5.56 Å². The van der Waals surface area contributed by atoms with Crippen molar-refractivity contribution in [2.45, 2.75) is 32.7 Å². The van der Waals surface area contributed by atoms with E-state index in [0.29, 0.717) is 12.2 Å². The van der Waals surface area contributed by atoms with Gasteiger partial charge in [0.15, 0.2) is 0 Å². The zero-order chi connectivity index (χ0) is 13.9. The Balaban J connectivity index is 1.95. The number of amides is 1. The highest BCUT2D eigenvalue weighted by Gasteiger charge is 2.31. The molecular formula is C14H21N3O2. The second-order valence-corrected chi connectivity index (χ2v) is 5.74. The summed E-state index contributed by atoms with van der Waals surface area (Å²) >= 11 is 0. The lowest BCUT2D eigenvalue weighted by Crippen LogP contribution is -2.52. The summed E-state index contributed by atoms with van der Waals surface area (Å²) in [7, 11) is 0. The van der Waals surface area contributed by atoms with Gasteiger partial charge in [0, 0.05) is 18.7 Å². The Kier molecular flexibility index (Phi) is 4.04. The minimum Gasteiger partial charge on any atom is -0.349 e. The fourth-order valence-electron chi connectivity index (χ4n) is 2.49. The molecule has 1 aromatic heterocycles. The molecule has 1 unspecified atom stereocenters. The highest BCUT2D eigenvalue weighted by molar-refractivity contribution is 5.92. The largest absolute Gasteiger partial charge is 0.349 e. The Morgan fingerprint density at radius 3 is 2.95 bits per heavy atom. The molecule has 5 heteroatoms. The lowest BCUT2D eigenvalue weighted by molar-refractivity contribution is 0.0923. The van der Waals surface area contributed by atoms with Crippen LogP contribution in [0.4, 0.5) is 0 Å². The number of aromatic nitrogens is 1. The molecule has 2 rings (SSSR count). The maximum absolute atomic E-state index is 11.9. The molecule has 19 heavy (non-hydrogen) atoms. The molecule has 0 aromatic carbocycles. The van der Waals surface area contributed by atoms with E-state index in [2.05, 4.69) is 29.5 Å². The second-order valence-electron chi connectivity index (χ2n) is 5.74. The van der Waals surface area contributed by atoms with Crippen LogP contribution in [0.15, 0.2) is 23.0 Å². The average molecular weight is 263 g/mol. The number of hydrogen-bond donors (Lipinski definition) is 3. The summed E-state index contributed by atoms with van der Waals surface area (Å²) in [5.41, 5.74) is 0.222. The van der Waals surface area contributed by atoms with Crippen molar-refractivity contribution >= 4 is 5.91 Å². The van der Waals surface area contributed by atoms with Crippen molar-refractivity contribution in [2.24, 2.45) is 5.41 Å². The molecule has 1 fully saturated rings. The van der Waals surface area contributed by atoms with Gasteiger partial charge in [0.05, 0.1) is 0 Å². The lowest BCUT2D eigenvalue weighted by Gasteiger charge is -2.39. The smallest absolute Gasteiger partial charge is 0.267 e. The number of nitrogens with one attached hydrogen (secondary N) is 3. The molecule has 1 aromatic rings. The van der Waals surface area contributed by atoms with Crippen LogP contribution in [0.3, 0.4) is 0 Å². The van der Waals surface area contributed by atoms with E-state index in [1.54, 1.807) is 12.1 Å². The van der Waals surface area contributed by atoms with Crippen LogP contribution >= 0.6 is 0 Å². The summed E-state index contributed by atoms with van der Waals surface area (Å²) in [6.45, 7) is 5.98. The monoisotopic (exact) mass is 263 g/mol. The number of aromatic amines is 1. The SMILES string of the molecule is CC1(C)CCCNC1CNC(=O)c1cccc(=O)[nH]1. The minimum absolute atomic E-state index is 0.176. The topological polar surface area (TPSA) is 74.0 Å². The van der Waals surface area contributed by atoms with Crippen molar-refractivity contribution in [1.29, 1.82) is 0 Å². The van der Waals surface area contributed by atoms with Gasteiger partial charge >= 0.3 is 0 Å². The molecule has 1 aliphatic rings. The second kappa shape index (κ2) is 5.57. The minimum atomic E-state index is -0.260. The van der Waals surface area contributed by atoms with Crippen molar-refractivity contribution in [1.82, 2.24) is 15.6 Å². The number of carbonyl (C=O) groups is 1. The van der Waals surface area contributed by atoms with Crippen LogP contribution in [0.25, 0.3) is 0 Å². The van der Waals surface area contributed by atoms with Gasteiger partial charge in [-0.25, -0.2) is 0 Å². The highest BCUT2D eigenvalue weighted by atomic mass is 16.2. The van der Waals surface area contributed by atoms with Crippen LogP contribution in [0.1, 0.15) is 37.2 Å². The molecule has 5 nitrogen and oxygen atoms in total. The van der Waals surface area contributed by atoms with Crippen molar-refractivity contribution in [3.8, 4) is 0 Å². The summed E-state index contributed by atoms with van der Waals surface area (Å²) in [4.78, 5) is 25.6. The van der Waals surface area contributed by atoms with Gasteiger partial charge in [-0.3, -0.25) is 9.59 Å². The molecule has 0 aliphatic carbocycles. The van der Waals surface area contributed by atoms with Crippen LogP contribution in [-0.4, -0.2) is 30.0 Å². The summed E-state index contributed by atoms with van der Waals surface area (Å²) < 4.78 is 0. The molecule has 1 aliphatic heterocycles. The van der Waals surface area contributed by atoms with Crippen molar-refractivity contribution in [2.75, 3.05) is 13.1 Å². The molecule has 0 radical (unpaired) electrons. The first-order chi connectivity index (χ1) is 8.99. The Hall–Kier alpha value is -1.62. The number of H-pyrrole nitrogens is 1. The summed E-state index contributed by atoms with van der Waals surface area (Å²) in [6, 6.07) is 4.84. The van der Waals surface area contributed by atoms with E-state index in [4.69, 9.17) is 0 Å². The Bertz CT molecular complexity index is 507. The first-order valence-electron chi connectivity index (χ1n) is 6.70. The molecule has 0 spiro atoms. The zero-order valence-electron chi connectivity index (χ0n) is 11.5. The Labute approximate surface area is 112 Å². The third kappa shape index (κ3) is 3.44. The van der Waals surface area contributed by atoms with Crippen molar-refractivity contribution in [3.63, 3.8) is 0 Å². The van der Waals surface area contributed by atoms with Gasteiger partial charge < -0.3 is 15.6 Å². The third-order valence-corrected chi connectivity index (χ3v) is 3.81. The van der Waals surface area contributed by atoms with E-state index in [9.17, 15) is 9.59 Å². The molecule has 0 bridgehead atoms. The van der Waals surface area contributed by atoms with Gasteiger partial charge in [-0.05, 0) is 30.9 Å². The van der Waals surface area contributed by atoms with E-state index in [1.807, 2.05) is 0 Å². The number of carbonyl (C=O) groups excluding carboxylic acids is 1. The quantitative estimate of drug-likeness (QED) is 0.758. The predicted octanol–water partition coefficient (Wildman–Crippen LogP) is 0.883. The van der Waals surface area contributed by atoms with Crippen molar-refractivity contribution in [3.05, 3.63) is 34.2 Å². The molecule has 0 saturated carbocycles. The fraction of sp³-hybridized carbons (Fsp3) is 0.571. The van der Waals surface area contributed by atoms with Gasteiger partial charge in [0.1, 0.15) is 5.69 Å². The van der Waals surface area contributed by atoms with Crippen LogP contribution in [0, 0.1) is 5.41 Å². The highest BCUT2D eigenvalue weighted by Crippen LogP contribution is 2.29. The van der Waals surface area contributed by atoms with E-state index >= 15 is 0 Å². The van der Waals surface area contributed by atoms with Gasteiger partial charge in [-0.15, -0.1) is 0 Å². The molecule has 2 heterocycles. The molecule has 1 saturated heterocycles. The summed E-state index contributed by atoms with van der Waals surface area (Å²) in [5.74, 6) is -0.235. The van der Waals surface area contributed by atoms with Crippen molar-refractivity contribution < 1.29 is 4.79 Å². The predicted molar refractivity (Wildman–Crippen MR) is 74.2 cm³/mol. The summed E-state index contributed by atoms with van der Waals surface area (Å²) in [6.07, 6.45) is 2.33. The average Bonchev–Trinajstić information content (AvgIpc) is 2.36. The Morgan fingerprint density at radius 1 is 1.47 bits per heavy atom. The number of rotatable bonds is 3. The van der Waals surface area contributed by atoms with Crippen LogP contribution in [0.5, 0.6) is 0 Å². The molecule has 1 amide bonds. The maximum atomic E-state index is 11.9. The van der Waals surface area contributed by atoms with Gasteiger partial charge in [0.25, 0.3) is 5.91 Å². The first kappa shape index (κ1) is 13.8. The third-order valence-electron chi connectivity index (χ3n) is 3.81. The molecule has 1 atom stereocenters. The zero-order valence-corrected chi connectivity index (χ0v) is 11.5. The van der Waals surface area contributed by atoms with Gasteiger partial charge in [-0.2, -0.15) is 0 Å². The summed E-state index contributed by atoms with van der Waals surface area (Å²) in [5, 5.41) is 6.32. The first-order valence-corrected chi connectivity index (χ1v) is 6.70. The van der Waals surface area contributed by atoms with E-state index in [-0.39, 0.29) is 22.9 Å². The normalized spacial score (nSPS) is 21.9. The fourth-order valence-corrected chi connectivity index (χ4v) is 2.49. The molecule has 3 N–H and O–H groups in total. The van der Waals surface area contributed by atoms with Crippen LogP contribution < -0.4 is 16.2 Å². The van der Waals surface area contributed by atoms with Crippen LogP contribution in [-0.2, 0) is 0 Å². The number of pyridine rings is 1. The van der Waals surface area contributed by atoms with E-state index in [0.717, 1.165) is 13.0 Å². The standard InChI is InChI=1S/C14H21N3O2/c1-14(2)7-4-8-15-11(14)9-16-13(19)10-5-3-6-12(18)17-10/h3,5-6,11,15H,4,7-9H2,1-2H3,(H,16,19)(H,17,18). The lowest BCUT2D eigenvalue weighted by atomic mass is 9.77. The molecular weight excluding hydrogens is 242 g/mol. The van der Waals surface area contributed by atoms with E-state index in [1.165, 1.54) is 12.5 Å². The van der Waals surface area contributed by atoms with Gasteiger partial charge in [-0.1, -0.05) is 19.9 Å². The van der Waals surface area contributed by atoms with E-state index < -0.39 is 0 Å². The molecule has 104 valence electrons. The number of piperidine rings is 1. The van der Waals surface area contributed by atoms with Crippen LogP contribution in [0.2, 0.25) is 0 Å².